The summed E-state index contributed by atoms with van der Waals surface area (Å²) in [6, 6.07) is 4.14. The molecule has 0 aliphatic carbocycles. The number of H-pyrrole nitrogens is 1. The van der Waals surface area contributed by atoms with Crippen LogP contribution in [-0.2, 0) is 32.1 Å². The van der Waals surface area contributed by atoms with E-state index in [4.69, 9.17) is 11.5 Å². The second-order valence-electron chi connectivity index (χ2n) is 10.7. The molecule has 3 rings (SSSR count). The van der Waals surface area contributed by atoms with Gasteiger partial charge < -0.3 is 37.1 Å². The number of nitrogens with two attached hydrogens (primary N) is 2. The first kappa shape index (κ1) is 28.8. The highest BCUT2D eigenvalue weighted by molar-refractivity contribution is 5.93. The number of carbonyl (C=O) groups is 4. The summed E-state index contributed by atoms with van der Waals surface area (Å²) in [7, 11) is 0. The van der Waals surface area contributed by atoms with Crippen molar-refractivity contribution in [3.8, 4) is 0 Å². The van der Waals surface area contributed by atoms with Gasteiger partial charge >= 0.3 is 5.97 Å². The number of carboxylic acids is 1. The van der Waals surface area contributed by atoms with Crippen molar-refractivity contribution in [1.29, 1.82) is 0 Å². The molecule has 0 radical (unpaired) electrons. The fourth-order valence-corrected chi connectivity index (χ4v) is 4.55. The molecule has 3 amide bonds. The molecular weight excluding hydrogens is 490 g/mol. The molecular formula is C26H37N7O5. The van der Waals surface area contributed by atoms with Gasteiger partial charge in [0.15, 0.2) is 0 Å². The predicted octanol–water partition coefficient (Wildman–Crippen LogP) is 0.202. The maximum atomic E-state index is 14.0. The molecule has 0 saturated carbocycles. The monoisotopic (exact) mass is 527 g/mol. The van der Waals surface area contributed by atoms with Crippen molar-refractivity contribution in [2.24, 2.45) is 16.9 Å². The van der Waals surface area contributed by atoms with Crippen LogP contribution in [0.2, 0.25) is 0 Å². The molecule has 1 unspecified atom stereocenters. The number of rotatable bonds is 11. The van der Waals surface area contributed by atoms with Crippen molar-refractivity contribution < 1.29 is 24.3 Å². The van der Waals surface area contributed by atoms with E-state index in [-0.39, 0.29) is 38.3 Å². The number of hydrogen-bond acceptors (Lipinski definition) is 7. The average molecular weight is 528 g/mol. The molecule has 0 bridgehead atoms. The summed E-state index contributed by atoms with van der Waals surface area (Å²) in [6.07, 6.45) is 3.04. The summed E-state index contributed by atoms with van der Waals surface area (Å²) < 4.78 is 0. The quantitative estimate of drug-likeness (QED) is 0.238. The fourth-order valence-electron chi connectivity index (χ4n) is 4.55. The van der Waals surface area contributed by atoms with E-state index in [0.717, 1.165) is 16.8 Å². The van der Waals surface area contributed by atoms with Crippen molar-refractivity contribution in [3.05, 3.63) is 53.6 Å². The predicted molar refractivity (Wildman–Crippen MR) is 139 cm³/mol. The van der Waals surface area contributed by atoms with Crippen LogP contribution in [-0.4, -0.2) is 68.3 Å². The molecule has 2 heterocycles. The van der Waals surface area contributed by atoms with Crippen LogP contribution in [0.5, 0.6) is 0 Å². The van der Waals surface area contributed by atoms with Crippen molar-refractivity contribution >= 4 is 23.7 Å². The zero-order chi connectivity index (χ0) is 28.0. The zero-order valence-corrected chi connectivity index (χ0v) is 21.9. The van der Waals surface area contributed by atoms with Crippen LogP contribution in [0.1, 0.15) is 56.5 Å². The molecule has 1 aliphatic rings. The van der Waals surface area contributed by atoms with E-state index in [1.165, 1.54) is 11.2 Å². The minimum Gasteiger partial charge on any atom is -0.480 e. The van der Waals surface area contributed by atoms with E-state index < -0.39 is 47.4 Å². The van der Waals surface area contributed by atoms with Crippen LogP contribution in [0.3, 0.4) is 0 Å². The Hall–Kier alpha value is -3.77. The Bertz CT molecular complexity index is 1150. The number of nitrogens with zero attached hydrogens (tertiary/aromatic N) is 2. The molecule has 8 N–H and O–H groups in total. The lowest BCUT2D eigenvalue weighted by molar-refractivity contribution is -0.147. The molecule has 4 atom stereocenters. The van der Waals surface area contributed by atoms with Crippen LogP contribution in [0.4, 0.5) is 0 Å². The van der Waals surface area contributed by atoms with Gasteiger partial charge in [-0.25, -0.2) is 9.78 Å². The third-order valence-electron chi connectivity index (χ3n) is 6.70. The fraction of sp³-hybridized carbons (Fsp3) is 0.500. The highest BCUT2D eigenvalue weighted by Crippen LogP contribution is 2.28. The van der Waals surface area contributed by atoms with E-state index in [2.05, 4.69) is 20.6 Å². The number of fused-ring (bicyclic) bond motifs is 1. The molecule has 0 fully saturated rings. The van der Waals surface area contributed by atoms with Gasteiger partial charge in [0.2, 0.25) is 17.7 Å². The van der Waals surface area contributed by atoms with E-state index >= 15 is 0 Å². The second kappa shape index (κ2) is 12.2. The topological polar surface area (TPSA) is 197 Å². The maximum absolute atomic E-state index is 14.0. The molecule has 2 aromatic rings. The van der Waals surface area contributed by atoms with E-state index in [1.807, 2.05) is 45.0 Å². The zero-order valence-electron chi connectivity index (χ0n) is 21.9. The Morgan fingerprint density at radius 2 is 1.89 bits per heavy atom. The first-order chi connectivity index (χ1) is 17.9. The lowest BCUT2D eigenvalue weighted by Gasteiger charge is -2.41. The first-order valence-electron chi connectivity index (χ1n) is 12.5. The van der Waals surface area contributed by atoms with Crippen molar-refractivity contribution in [2.75, 3.05) is 6.54 Å². The Morgan fingerprint density at radius 1 is 1.21 bits per heavy atom. The van der Waals surface area contributed by atoms with Gasteiger partial charge in [0.1, 0.15) is 12.1 Å². The lowest BCUT2D eigenvalue weighted by atomic mass is 9.84. The highest BCUT2D eigenvalue weighted by atomic mass is 16.4. The summed E-state index contributed by atoms with van der Waals surface area (Å²) in [4.78, 5) is 58.9. The van der Waals surface area contributed by atoms with E-state index in [9.17, 15) is 24.3 Å². The van der Waals surface area contributed by atoms with Gasteiger partial charge in [-0.05, 0) is 23.0 Å². The van der Waals surface area contributed by atoms with Gasteiger partial charge in [0.25, 0.3) is 0 Å². The third-order valence-corrected chi connectivity index (χ3v) is 6.70. The van der Waals surface area contributed by atoms with E-state index in [0.29, 0.717) is 0 Å². The molecule has 206 valence electrons. The number of aliphatic carboxylic acids is 1. The second-order valence-corrected chi connectivity index (χ2v) is 10.7. The molecule has 12 heteroatoms. The lowest BCUT2D eigenvalue weighted by Crippen LogP contribution is -2.61. The Morgan fingerprint density at radius 3 is 2.47 bits per heavy atom. The normalized spacial score (nSPS) is 17.7. The van der Waals surface area contributed by atoms with Crippen molar-refractivity contribution in [3.63, 3.8) is 0 Å². The number of amides is 3. The third kappa shape index (κ3) is 7.17. The van der Waals surface area contributed by atoms with Crippen LogP contribution in [0, 0.1) is 5.41 Å². The molecule has 38 heavy (non-hydrogen) atoms. The number of nitrogens with one attached hydrogen (secondary N) is 3. The highest BCUT2D eigenvalue weighted by Gasteiger charge is 2.42. The minimum absolute atomic E-state index is 0.147. The molecule has 0 spiro atoms. The van der Waals surface area contributed by atoms with Crippen LogP contribution >= 0.6 is 0 Å². The number of imidazole rings is 1. The standard InChI is InChI=1S/C26H37N7O5/c1-26(2,3)22(30-11-17(27)19-12-29-14-31-19)24(36)33-13-16-7-5-4-6-15(16)10-20(33)23(35)32-18(25(37)38)8-9-21(28)34/h4-7,12,14,17-18,20,22,30H,8-11,13,27H2,1-3H3,(H2,28,34)(H,29,31)(H,32,35)(H,37,38)/t17?,18-,20-,22+/m0/s1. The summed E-state index contributed by atoms with van der Waals surface area (Å²) in [5, 5.41) is 15.4. The largest absolute Gasteiger partial charge is 0.480 e. The SMILES string of the molecule is CC(C)(C)[C@H](NCC(N)c1cnc[nH]1)C(=O)N1Cc2ccccc2C[C@H]1C(=O)N[C@@H](CCC(N)=O)C(=O)O. The number of hydrogen-bond donors (Lipinski definition) is 6. The van der Waals surface area contributed by atoms with Crippen molar-refractivity contribution in [1.82, 2.24) is 25.5 Å². The first-order valence-corrected chi connectivity index (χ1v) is 12.5. The number of carbonyl (C=O) groups excluding carboxylic acids is 3. The smallest absolute Gasteiger partial charge is 0.326 e. The maximum Gasteiger partial charge on any atom is 0.326 e. The molecule has 1 aliphatic heterocycles. The summed E-state index contributed by atoms with van der Waals surface area (Å²) in [5.74, 6) is -2.85. The summed E-state index contributed by atoms with van der Waals surface area (Å²) in [6.45, 7) is 6.23. The molecule has 1 aromatic carbocycles. The average Bonchev–Trinajstić information content (AvgIpc) is 3.39. The number of aromatic nitrogens is 2. The van der Waals surface area contributed by atoms with Gasteiger partial charge in [0.05, 0.1) is 24.1 Å². The number of carboxylic acid groups (broad SMARTS) is 1. The van der Waals surface area contributed by atoms with Crippen LogP contribution in [0.25, 0.3) is 0 Å². The molecule has 1 aromatic heterocycles. The van der Waals surface area contributed by atoms with Gasteiger partial charge in [-0.15, -0.1) is 0 Å². The van der Waals surface area contributed by atoms with Gasteiger partial charge in [0, 0.05) is 32.1 Å². The van der Waals surface area contributed by atoms with Gasteiger partial charge in [-0.3, -0.25) is 14.4 Å². The Kier molecular flexibility index (Phi) is 9.23. The van der Waals surface area contributed by atoms with Crippen molar-refractivity contribution in [2.45, 2.75) is 70.7 Å². The summed E-state index contributed by atoms with van der Waals surface area (Å²) >= 11 is 0. The van der Waals surface area contributed by atoms with Gasteiger partial charge in [-0.2, -0.15) is 0 Å². The minimum atomic E-state index is -1.31. The molecule has 12 nitrogen and oxygen atoms in total. The Labute approximate surface area is 221 Å². The number of primary amides is 1. The Balaban J connectivity index is 1.86. The van der Waals surface area contributed by atoms with Crippen LogP contribution in [0.15, 0.2) is 36.8 Å². The van der Waals surface area contributed by atoms with Gasteiger partial charge in [-0.1, -0.05) is 45.0 Å². The number of benzene rings is 1. The molecule has 0 saturated heterocycles. The summed E-state index contributed by atoms with van der Waals surface area (Å²) in [5.41, 5.74) is 13.4. The van der Waals surface area contributed by atoms with E-state index in [1.54, 1.807) is 6.20 Å². The number of aromatic amines is 1. The van der Waals surface area contributed by atoms with Crippen LogP contribution < -0.4 is 22.1 Å².